The van der Waals surface area contributed by atoms with E-state index in [2.05, 4.69) is 40.3 Å². The molecular weight excluding hydrogens is 673 g/mol. The van der Waals surface area contributed by atoms with Gasteiger partial charge in [0, 0.05) is 52.0 Å². The maximum absolute atomic E-state index is 16.3. The fourth-order valence-corrected chi connectivity index (χ4v) is 7.64. The van der Waals surface area contributed by atoms with Gasteiger partial charge >= 0.3 is 0 Å². The van der Waals surface area contributed by atoms with Crippen LogP contribution in [0.15, 0.2) is 152 Å². The highest BCUT2D eigenvalue weighted by Gasteiger charge is 2.24. The number of fused-ring (bicyclic) bond motifs is 6. The molecular formula is C47H29F2N5. The van der Waals surface area contributed by atoms with Gasteiger partial charge in [0.25, 0.3) is 0 Å². The minimum absolute atomic E-state index is 0.164. The summed E-state index contributed by atoms with van der Waals surface area (Å²) in [5.41, 5.74) is 9.97. The number of pyridine rings is 3. The minimum atomic E-state index is -0.478. The molecule has 8 aromatic rings. The highest BCUT2D eigenvalue weighted by atomic mass is 19.1. The van der Waals surface area contributed by atoms with Crippen molar-refractivity contribution in [3.63, 3.8) is 0 Å². The fourth-order valence-electron chi connectivity index (χ4n) is 7.64. The van der Waals surface area contributed by atoms with Crippen LogP contribution in [0, 0.1) is 17.6 Å². The van der Waals surface area contributed by atoms with E-state index in [-0.39, 0.29) is 17.0 Å². The van der Waals surface area contributed by atoms with E-state index in [4.69, 9.17) is 15.0 Å². The molecule has 2 aliphatic carbocycles. The summed E-state index contributed by atoms with van der Waals surface area (Å²) in [6, 6.07) is 33.2. The first kappa shape index (κ1) is 31.7. The predicted molar refractivity (Wildman–Crippen MR) is 212 cm³/mol. The first-order valence-electron chi connectivity index (χ1n) is 17.8. The van der Waals surface area contributed by atoms with E-state index in [1.54, 1.807) is 36.8 Å². The topological polar surface area (TPSA) is 64.5 Å². The van der Waals surface area contributed by atoms with Crippen LogP contribution in [0.5, 0.6) is 0 Å². The van der Waals surface area contributed by atoms with Crippen molar-refractivity contribution in [1.82, 2.24) is 24.9 Å². The van der Waals surface area contributed by atoms with Crippen LogP contribution in [0.1, 0.15) is 17.7 Å². The molecule has 256 valence electrons. The van der Waals surface area contributed by atoms with Gasteiger partial charge in [0.15, 0.2) is 5.82 Å². The fraction of sp³-hybridized carbons (Fsp3) is 0.0426. The number of nitrogens with zero attached hydrogens (tertiary/aromatic N) is 5. The molecule has 0 radical (unpaired) electrons. The Hall–Kier alpha value is -6.99. The Bertz CT molecular complexity index is 2900. The van der Waals surface area contributed by atoms with Crippen LogP contribution in [0.3, 0.4) is 0 Å². The molecule has 5 nitrogen and oxygen atoms in total. The molecule has 0 spiro atoms. The van der Waals surface area contributed by atoms with Crippen molar-refractivity contribution in [2.24, 2.45) is 5.92 Å². The summed E-state index contributed by atoms with van der Waals surface area (Å²) in [7, 11) is 0. The lowest BCUT2D eigenvalue weighted by molar-refractivity contribution is 0.630. The van der Waals surface area contributed by atoms with Crippen LogP contribution < -0.4 is 0 Å². The summed E-state index contributed by atoms with van der Waals surface area (Å²) in [4.78, 5) is 23.5. The van der Waals surface area contributed by atoms with Gasteiger partial charge in [-0.05, 0) is 82.8 Å². The van der Waals surface area contributed by atoms with Gasteiger partial charge in [0.1, 0.15) is 11.6 Å². The molecule has 0 N–H and O–H groups in total. The Balaban J connectivity index is 1.06. The van der Waals surface area contributed by atoms with Crippen molar-refractivity contribution in [3.05, 3.63) is 175 Å². The normalized spacial score (nSPS) is 14.6. The molecule has 1 unspecified atom stereocenters. The van der Waals surface area contributed by atoms with Crippen LogP contribution >= 0.6 is 0 Å². The van der Waals surface area contributed by atoms with Gasteiger partial charge in [-0.3, -0.25) is 15.0 Å². The highest BCUT2D eigenvalue weighted by Crippen LogP contribution is 2.41. The summed E-state index contributed by atoms with van der Waals surface area (Å²) >= 11 is 0. The number of rotatable bonds is 5. The van der Waals surface area contributed by atoms with Gasteiger partial charge in [-0.2, -0.15) is 0 Å². The van der Waals surface area contributed by atoms with Crippen LogP contribution in [-0.2, 0) is 0 Å². The molecule has 7 heteroatoms. The minimum Gasteiger partial charge on any atom is -0.256 e. The average molecular weight is 702 g/mol. The molecule has 2 aliphatic rings. The molecule has 0 bridgehead atoms. The molecule has 4 aromatic heterocycles. The number of aromatic nitrogens is 5. The average Bonchev–Trinajstić information content (AvgIpc) is 3.23. The first-order valence-corrected chi connectivity index (χ1v) is 17.8. The molecule has 0 saturated carbocycles. The Morgan fingerprint density at radius 1 is 0.574 bits per heavy atom. The number of hydrogen-bond donors (Lipinski definition) is 0. The van der Waals surface area contributed by atoms with E-state index in [0.717, 1.165) is 61.7 Å². The van der Waals surface area contributed by atoms with E-state index < -0.39 is 11.6 Å². The third-order valence-electron chi connectivity index (χ3n) is 10.3. The maximum atomic E-state index is 16.3. The highest BCUT2D eigenvalue weighted by molar-refractivity contribution is 6.08. The second kappa shape index (κ2) is 12.9. The van der Waals surface area contributed by atoms with Crippen molar-refractivity contribution < 1.29 is 8.78 Å². The third-order valence-corrected chi connectivity index (χ3v) is 10.3. The van der Waals surface area contributed by atoms with Crippen LogP contribution in [0.4, 0.5) is 8.78 Å². The summed E-state index contributed by atoms with van der Waals surface area (Å²) in [5.74, 6) is -0.481. The quantitative estimate of drug-likeness (QED) is 0.167. The lowest BCUT2D eigenvalue weighted by atomic mass is 9.81. The molecule has 0 aliphatic heterocycles. The monoisotopic (exact) mass is 701 g/mol. The zero-order valence-electron chi connectivity index (χ0n) is 28.8. The molecule has 4 heterocycles. The van der Waals surface area contributed by atoms with E-state index in [0.29, 0.717) is 22.9 Å². The van der Waals surface area contributed by atoms with Gasteiger partial charge in [-0.15, -0.1) is 0 Å². The first-order chi connectivity index (χ1) is 26.6. The third kappa shape index (κ3) is 5.40. The Kier molecular flexibility index (Phi) is 7.58. The van der Waals surface area contributed by atoms with Gasteiger partial charge in [-0.25, -0.2) is 18.7 Å². The molecule has 0 amide bonds. The second-order valence-electron chi connectivity index (χ2n) is 13.5. The molecule has 4 aromatic carbocycles. The zero-order chi connectivity index (χ0) is 36.2. The van der Waals surface area contributed by atoms with Crippen molar-refractivity contribution in [3.8, 4) is 56.2 Å². The summed E-state index contributed by atoms with van der Waals surface area (Å²) in [5, 5.41) is 1.86. The summed E-state index contributed by atoms with van der Waals surface area (Å²) in [6.45, 7) is 0. The zero-order valence-corrected chi connectivity index (χ0v) is 28.8. The van der Waals surface area contributed by atoms with Gasteiger partial charge in [0.2, 0.25) is 0 Å². The van der Waals surface area contributed by atoms with Crippen LogP contribution in [-0.4, -0.2) is 24.9 Å². The summed E-state index contributed by atoms with van der Waals surface area (Å²) < 4.78 is 32.6. The van der Waals surface area contributed by atoms with Crippen molar-refractivity contribution in [2.45, 2.75) is 6.42 Å². The molecule has 10 rings (SSSR count). The van der Waals surface area contributed by atoms with Crippen molar-refractivity contribution in [1.29, 1.82) is 0 Å². The standard InChI is InChI=1S/C47H29F2N5/c48-40-25-31(34-21-24-52-46-37(34)17-13-30-10-6-22-50-44(30)46)14-18-38(40)43-27-42(29-8-2-1-3-9-29)53-47(54-43)39-19-15-32(26-41(39)49)33-20-23-51-45-35-11-5-4-7-28(35)12-16-36(33)45/h1-6,8-28H,7H2. The Morgan fingerprint density at radius 2 is 1.33 bits per heavy atom. The van der Waals surface area contributed by atoms with Gasteiger partial charge in [-0.1, -0.05) is 91.0 Å². The lowest BCUT2D eigenvalue weighted by Crippen LogP contribution is -2.10. The largest absolute Gasteiger partial charge is 0.256 e. The maximum Gasteiger partial charge on any atom is 0.163 e. The molecule has 54 heavy (non-hydrogen) atoms. The Labute approximate surface area is 309 Å². The number of halogens is 2. The van der Waals surface area contributed by atoms with E-state index in [1.807, 2.05) is 78.9 Å². The van der Waals surface area contributed by atoms with E-state index in [9.17, 15) is 0 Å². The van der Waals surface area contributed by atoms with Gasteiger partial charge < -0.3 is 0 Å². The lowest BCUT2D eigenvalue weighted by Gasteiger charge is -2.25. The Morgan fingerprint density at radius 3 is 2.19 bits per heavy atom. The summed E-state index contributed by atoms with van der Waals surface area (Å²) in [6.07, 6.45) is 16.8. The van der Waals surface area contributed by atoms with Crippen LogP contribution in [0.25, 0.3) is 89.6 Å². The molecule has 0 saturated heterocycles. The SMILES string of the molecule is Fc1cc(-c2ccnc3c2ccc2cccnc23)ccc1-c1cc(-c2ccccc2)nc(-c2ccc(-c3ccnc4c3C=CC3CC=CC=C43)cc2F)n1. The number of allylic oxidation sites excluding steroid dienone is 5. The number of benzene rings is 4. The second-order valence-corrected chi connectivity index (χ2v) is 13.5. The van der Waals surface area contributed by atoms with Gasteiger partial charge in [0.05, 0.1) is 33.7 Å². The molecule has 0 fully saturated rings. The van der Waals surface area contributed by atoms with Crippen LogP contribution in [0.2, 0.25) is 0 Å². The number of hydrogen-bond acceptors (Lipinski definition) is 5. The molecule has 1 atom stereocenters. The van der Waals surface area contributed by atoms with E-state index >= 15 is 8.78 Å². The smallest absolute Gasteiger partial charge is 0.163 e. The van der Waals surface area contributed by atoms with Crippen molar-refractivity contribution >= 4 is 33.5 Å². The predicted octanol–water partition coefficient (Wildman–Crippen LogP) is 11.6. The van der Waals surface area contributed by atoms with Crippen molar-refractivity contribution in [2.75, 3.05) is 0 Å². The van der Waals surface area contributed by atoms with E-state index in [1.165, 1.54) is 17.7 Å².